The molecule has 2 nitrogen and oxygen atoms in total. The molecule has 0 aliphatic rings. The van der Waals surface area contributed by atoms with Gasteiger partial charge in [-0.25, -0.2) is 0 Å². The number of rotatable bonds is 1. The van der Waals surface area contributed by atoms with Crippen molar-refractivity contribution in [2.45, 2.75) is 0 Å². The molecule has 2 aromatic rings. The SMILES string of the molecule is Cn1cccc1-c1ccccc1[O-]. The molecule has 1 heterocycles. The molecular formula is C11H10NO-. The van der Waals surface area contributed by atoms with Crippen LogP contribution in [0.15, 0.2) is 42.6 Å². The van der Waals surface area contributed by atoms with Crippen molar-refractivity contribution < 1.29 is 5.11 Å². The summed E-state index contributed by atoms with van der Waals surface area (Å²) < 4.78 is 1.94. The summed E-state index contributed by atoms with van der Waals surface area (Å²) in [6.07, 6.45) is 1.93. The van der Waals surface area contributed by atoms with E-state index < -0.39 is 0 Å². The summed E-state index contributed by atoms with van der Waals surface area (Å²) in [7, 11) is 1.93. The third kappa shape index (κ3) is 1.31. The van der Waals surface area contributed by atoms with Gasteiger partial charge in [0.25, 0.3) is 0 Å². The van der Waals surface area contributed by atoms with E-state index in [9.17, 15) is 5.11 Å². The van der Waals surface area contributed by atoms with E-state index >= 15 is 0 Å². The van der Waals surface area contributed by atoms with Crippen LogP contribution in [0.5, 0.6) is 5.75 Å². The molecule has 1 aromatic heterocycles. The number of hydrogen-bond acceptors (Lipinski definition) is 1. The van der Waals surface area contributed by atoms with Crippen LogP contribution >= 0.6 is 0 Å². The standard InChI is InChI=1S/C11H11NO/c1-12-8-4-6-10(12)9-5-2-3-7-11(9)13/h2-8,13H,1H3/p-1. The maximum atomic E-state index is 11.5. The molecule has 0 saturated carbocycles. The molecule has 1 aromatic carbocycles. The fourth-order valence-electron chi connectivity index (χ4n) is 1.42. The highest BCUT2D eigenvalue weighted by Gasteiger charge is 1.99. The Balaban J connectivity index is 2.59. The molecule has 0 bridgehead atoms. The van der Waals surface area contributed by atoms with Gasteiger partial charge in [-0.2, -0.15) is 0 Å². The lowest BCUT2D eigenvalue weighted by atomic mass is 10.1. The van der Waals surface area contributed by atoms with Crippen molar-refractivity contribution in [2.75, 3.05) is 0 Å². The lowest BCUT2D eigenvalue weighted by Crippen LogP contribution is -1.96. The topological polar surface area (TPSA) is 28.0 Å². The van der Waals surface area contributed by atoms with Gasteiger partial charge in [-0.1, -0.05) is 30.0 Å². The monoisotopic (exact) mass is 172 g/mol. The van der Waals surface area contributed by atoms with Gasteiger partial charge < -0.3 is 9.67 Å². The summed E-state index contributed by atoms with van der Waals surface area (Å²) in [5, 5.41) is 11.5. The zero-order chi connectivity index (χ0) is 9.26. The van der Waals surface area contributed by atoms with Gasteiger partial charge in [-0.3, -0.25) is 0 Å². The van der Waals surface area contributed by atoms with E-state index in [0.29, 0.717) is 0 Å². The summed E-state index contributed by atoms with van der Waals surface area (Å²) in [5.74, 6) is 0.0734. The zero-order valence-electron chi connectivity index (χ0n) is 7.40. The summed E-state index contributed by atoms with van der Waals surface area (Å²) in [5.41, 5.74) is 1.72. The highest BCUT2D eigenvalue weighted by molar-refractivity contribution is 5.66. The van der Waals surface area contributed by atoms with Crippen molar-refractivity contribution >= 4 is 0 Å². The first kappa shape index (κ1) is 7.92. The van der Waals surface area contributed by atoms with Gasteiger partial charge in [0.15, 0.2) is 0 Å². The van der Waals surface area contributed by atoms with E-state index in [1.165, 1.54) is 0 Å². The van der Waals surface area contributed by atoms with Gasteiger partial charge in [-0.15, -0.1) is 0 Å². The van der Waals surface area contributed by atoms with Crippen LogP contribution in [0.3, 0.4) is 0 Å². The fourth-order valence-corrected chi connectivity index (χ4v) is 1.42. The van der Waals surface area contributed by atoms with Crippen molar-refractivity contribution in [1.29, 1.82) is 0 Å². The van der Waals surface area contributed by atoms with Gasteiger partial charge >= 0.3 is 0 Å². The molecule has 0 aliphatic carbocycles. The molecule has 2 rings (SSSR count). The van der Waals surface area contributed by atoms with E-state index in [1.807, 2.05) is 42.1 Å². The molecule has 0 spiro atoms. The summed E-state index contributed by atoms with van der Waals surface area (Å²) in [6, 6.07) is 10.9. The second-order valence-corrected chi connectivity index (χ2v) is 3.00. The van der Waals surface area contributed by atoms with Gasteiger partial charge in [-0.05, 0) is 17.7 Å². The summed E-state index contributed by atoms with van der Waals surface area (Å²) in [6.45, 7) is 0. The molecule has 0 aliphatic heterocycles. The Morgan fingerprint density at radius 1 is 1.08 bits per heavy atom. The van der Waals surface area contributed by atoms with Crippen molar-refractivity contribution in [2.24, 2.45) is 7.05 Å². The molecule has 0 atom stereocenters. The maximum absolute atomic E-state index is 11.5. The largest absolute Gasteiger partial charge is 0.872 e. The van der Waals surface area contributed by atoms with Crippen LogP contribution in [0.4, 0.5) is 0 Å². The lowest BCUT2D eigenvalue weighted by molar-refractivity contribution is -0.267. The molecular weight excluding hydrogens is 162 g/mol. The molecule has 0 amide bonds. The Kier molecular flexibility index (Phi) is 1.81. The minimum absolute atomic E-state index is 0.0734. The predicted octanol–water partition coefficient (Wildman–Crippen LogP) is 1.77. The summed E-state index contributed by atoms with van der Waals surface area (Å²) in [4.78, 5) is 0. The Morgan fingerprint density at radius 2 is 1.85 bits per heavy atom. The van der Waals surface area contributed by atoms with E-state index in [-0.39, 0.29) is 5.75 Å². The minimum atomic E-state index is 0.0734. The number of nitrogens with zero attached hydrogens (tertiary/aromatic N) is 1. The van der Waals surface area contributed by atoms with Crippen LogP contribution in [-0.4, -0.2) is 4.57 Å². The van der Waals surface area contributed by atoms with E-state index in [0.717, 1.165) is 11.3 Å². The van der Waals surface area contributed by atoms with Gasteiger partial charge in [0.2, 0.25) is 0 Å². The van der Waals surface area contributed by atoms with Crippen molar-refractivity contribution in [3.63, 3.8) is 0 Å². The number of aryl methyl sites for hydroxylation is 1. The molecule has 0 unspecified atom stereocenters. The fraction of sp³-hybridized carbons (Fsp3) is 0.0909. The molecule has 2 heteroatoms. The third-order valence-corrected chi connectivity index (χ3v) is 2.11. The first-order valence-electron chi connectivity index (χ1n) is 4.17. The van der Waals surface area contributed by atoms with Gasteiger partial charge in [0, 0.05) is 18.9 Å². The first-order valence-corrected chi connectivity index (χ1v) is 4.17. The quantitative estimate of drug-likeness (QED) is 0.644. The van der Waals surface area contributed by atoms with Gasteiger partial charge in [0.1, 0.15) is 0 Å². The summed E-state index contributed by atoms with van der Waals surface area (Å²) >= 11 is 0. The Labute approximate surface area is 77.1 Å². The van der Waals surface area contributed by atoms with Crippen molar-refractivity contribution in [3.05, 3.63) is 42.6 Å². The highest BCUT2D eigenvalue weighted by Crippen LogP contribution is 2.25. The average molecular weight is 172 g/mol. The molecule has 0 fully saturated rings. The molecule has 0 N–H and O–H groups in total. The van der Waals surface area contributed by atoms with Crippen LogP contribution in [0.1, 0.15) is 0 Å². The number of benzene rings is 1. The first-order chi connectivity index (χ1) is 6.29. The molecule has 0 radical (unpaired) electrons. The number of para-hydroxylation sites is 1. The van der Waals surface area contributed by atoms with Crippen LogP contribution in [0.2, 0.25) is 0 Å². The molecule has 0 saturated heterocycles. The highest BCUT2D eigenvalue weighted by atomic mass is 16.3. The maximum Gasteiger partial charge on any atom is 0.0471 e. The predicted molar refractivity (Wildman–Crippen MR) is 50.3 cm³/mol. The minimum Gasteiger partial charge on any atom is -0.872 e. The van der Waals surface area contributed by atoms with Crippen molar-refractivity contribution in [3.8, 4) is 17.0 Å². The Hall–Kier alpha value is -1.70. The third-order valence-electron chi connectivity index (χ3n) is 2.11. The Morgan fingerprint density at radius 3 is 2.46 bits per heavy atom. The normalized spacial score (nSPS) is 10.2. The van der Waals surface area contributed by atoms with E-state index in [2.05, 4.69) is 0 Å². The van der Waals surface area contributed by atoms with Crippen molar-refractivity contribution in [1.82, 2.24) is 4.57 Å². The van der Waals surface area contributed by atoms with Crippen LogP contribution in [-0.2, 0) is 7.05 Å². The number of aromatic nitrogens is 1. The van der Waals surface area contributed by atoms with Crippen LogP contribution < -0.4 is 5.11 Å². The second kappa shape index (κ2) is 2.98. The smallest absolute Gasteiger partial charge is 0.0471 e. The molecule has 13 heavy (non-hydrogen) atoms. The van der Waals surface area contributed by atoms with E-state index in [1.54, 1.807) is 12.1 Å². The average Bonchev–Trinajstić information content (AvgIpc) is 2.52. The Bertz CT molecular complexity index is 418. The second-order valence-electron chi connectivity index (χ2n) is 3.00. The van der Waals surface area contributed by atoms with E-state index in [4.69, 9.17) is 0 Å². The zero-order valence-corrected chi connectivity index (χ0v) is 7.40. The van der Waals surface area contributed by atoms with Crippen LogP contribution in [0.25, 0.3) is 11.3 Å². The molecule has 66 valence electrons. The van der Waals surface area contributed by atoms with Crippen LogP contribution in [0, 0.1) is 0 Å². The van der Waals surface area contributed by atoms with Gasteiger partial charge in [0.05, 0.1) is 0 Å². The lowest BCUT2D eigenvalue weighted by Gasteiger charge is -2.13. The number of hydrogen-bond donors (Lipinski definition) is 0.